The summed E-state index contributed by atoms with van der Waals surface area (Å²) < 4.78 is 32.7. The zero-order chi connectivity index (χ0) is 19.3. The van der Waals surface area contributed by atoms with E-state index in [1.54, 1.807) is 12.1 Å². The Hall–Kier alpha value is -1.98. The zero-order valence-corrected chi connectivity index (χ0v) is 15.5. The standard InChI is InChI=1S/C19H27F2NO3/c1-6-25-17(24)19(20,21)11-15(12-22-13(2)23)14-7-9-16(10-8-14)18(3,4)5/h7-10,15H,6,11-12H2,1-5H3,(H,22,23). The number of hydrogen-bond donors (Lipinski definition) is 1. The summed E-state index contributed by atoms with van der Waals surface area (Å²) in [4.78, 5) is 22.7. The molecule has 25 heavy (non-hydrogen) atoms. The fraction of sp³-hybridized carbons (Fsp3) is 0.579. The predicted octanol–water partition coefficient (Wildman–Crippen LogP) is 3.79. The molecule has 0 aliphatic rings. The molecule has 1 unspecified atom stereocenters. The lowest BCUT2D eigenvalue weighted by molar-refractivity contribution is -0.172. The van der Waals surface area contributed by atoms with Crippen LogP contribution in [0.15, 0.2) is 24.3 Å². The van der Waals surface area contributed by atoms with Crippen molar-refractivity contribution in [1.82, 2.24) is 5.32 Å². The first-order valence-electron chi connectivity index (χ1n) is 8.37. The van der Waals surface area contributed by atoms with E-state index in [1.165, 1.54) is 13.8 Å². The average Bonchev–Trinajstić information content (AvgIpc) is 2.50. The third kappa shape index (κ3) is 6.44. The van der Waals surface area contributed by atoms with Gasteiger partial charge in [0.2, 0.25) is 5.91 Å². The second-order valence-corrected chi connectivity index (χ2v) is 7.14. The fourth-order valence-corrected chi connectivity index (χ4v) is 2.46. The number of hydrogen-bond acceptors (Lipinski definition) is 3. The molecule has 0 radical (unpaired) electrons. The highest BCUT2D eigenvalue weighted by Gasteiger charge is 2.43. The molecule has 0 fully saturated rings. The second-order valence-electron chi connectivity index (χ2n) is 7.14. The first-order valence-corrected chi connectivity index (χ1v) is 8.37. The Labute approximate surface area is 147 Å². The summed E-state index contributed by atoms with van der Waals surface area (Å²) in [6, 6.07) is 7.32. The van der Waals surface area contributed by atoms with E-state index in [9.17, 15) is 18.4 Å². The fourth-order valence-electron chi connectivity index (χ4n) is 2.46. The van der Waals surface area contributed by atoms with Crippen molar-refractivity contribution in [3.8, 4) is 0 Å². The predicted molar refractivity (Wildman–Crippen MR) is 92.8 cm³/mol. The van der Waals surface area contributed by atoms with Gasteiger partial charge in [0.25, 0.3) is 0 Å². The largest absolute Gasteiger partial charge is 0.462 e. The molecule has 0 spiro atoms. The molecule has 0 heterocycles. The van der Waals surface area contributed by atoms with Crippen molar-refractivity contribution in [2.45, 2.75) is 58.3 Å². The number of amides is 1. The van der Waals surface area contributed by atoms with Gasteiger partial charge in [0.15, 0.2) is 0 Å². The lowest BCUT2D eigenvalue weighted by atomic mass is 9.84. The van der Waals surface area contributed by atoms with Crippen molar-refractivity contribution in [3.05, 3.63) is 35.4 Å². The van der Waals surface area contributed by atoms with Gasteiger partial charge in [-0.15, -0.1) is 0 Å². The minimum Gasteiger partial charge on any atom is -0.462 e. The monoisotopic (exact) mass is 355 g/mol. The van der Waals surface area contributed by atoms with Crippen LogP contribution in [0.25, 0.3) is 0 Å². The molecule has 1 aromatic carbocycles. The molecule has 1 amide bonds. The maximum absolute atomic E-state index is 14.1. The number of alkyl halides is 2. The highest BCUT2D eigenvalue weighted by Crippen LogP contribution is 2.32. The Bertz CT molecular complexity index is 592. The molecule has 1 aromatic rings. The summed E-state index contributed by atoms with van der Waals surface area (Å²) in [6.07, 6.45) is -0.721. The van der Waals surface area contributed by atoms with Crippen molar-refractivity contribution in [3.63, 3.8) is 0 Å². The number of esters is 1. The summed E-state index contributed by atoms with van der Waals surface area (Å²) >= 11 is 0. The van der Waals surface area contributed by atoms with Crippen LogP contribution in [-0.4, -0.2) is 31.0 Å². The lowest BCUT2D eigenvalue weighted by Crippen LogP contribution is -2.36. The van der Waals surface area contributed by atoms with Crippen molar-refractivity contribution in [2.24, 2.45) is 0 Å². The van der Waals surface area contributed by atoms with Crippen LogP contribution in [0.4, 0.5) is 8.78 Å². The molecule has 1 atom stereocenters. The Morgan fingerprint density at radius 2 is 1.72 bits per heavy atom. The number of carbonyl (C=O) groups excluding carboxylic acids is 2. The van der Waals surface area contributed by atoms with Crippen LogP contribution in [0.2, 0.25) is 0 Å². The molecular weight excluding hydrogens is 328 g/mol. The van der Waals surface area contributed by atoms with E-state index in [0.717, 1.165) is 5.56 Å². The van der Waals surface area contributed by atoms with E-state index in [-0.39, 0.29) is 24.5 Å². The van der Waals surface area contributed by atoms with Gasteiger partial charge in [-0.2, -0.15) is 8.78 Å². The van der Waals surface area contributed by atoms with E-state index < -0.39 is 24.2 Å². The van der Waals surface area contributed by atoms with Crippen molar-refractivity contribution in [1.29, 1.82) is 0 Å². The van der Waals surface area contributed by atoms with Crippen LogP contribution in [-0.2, 0) is 19.7 Å². The Balaban J connectivity index is 3.03. The summed E-state index contributed by atoms with van der Waals surface area (Å²) in [5.74, 6) is -6.15. The van der Waals surface area contributed by atoms with Gasteiger partial charge >= 0.3 is 11.9 Å². The van der Waals surface area contributed by atoms with Crippen LogP contribution in [0, 0.1) is 0 Å². The second kappa shape index (κ2) is 8.41. The Morgan fingerprint density at radius 3 is 2.16 bits per heavy atom. The van der Waals surface area contributed by atoms with Gasteiger partial charge in [-0.25, -0.2) is 4.79 Å². The van der Waals surface area contributed by atoms with Gasteiger partial charge in [0, 0.05) is 25.8 Å². The third-order valence-corrected chi connectivity index (χ3v) is 3.92. The summed E-state index contributed by atoms with van der Waals surface area (Å²) in [6.45, 7) is 8.91. The first kappa shape index (κ1) is 21.1. The van der Waals surface area contributed by atoms with Crippen LogP contribution in [0.3, 0.4) is 0 Å². The van der Waals surface area contributed by atoms with Crippen LogP contribution in [0.5, 0.6) is 0 Å². The Kier molecular flexibility index (Phi) is 7.08. The highest BCUT2D eigenvalue weighted by atomic mass is 19.3. The van der Waals surface area contributed by atoms with Gasteiger partial charge in [0.05, 0.1) is 6.61 Å². The van der Waals surface area contributed by atoms with Crippen LogP contribution >= 0.6 is 0 Å². The SMILES string of the molecule is CCOC(=O)C(F)(F)CC(CNC(C)=O)c1ccc(C(C)(C)C)cc1. The molecule has 0 aliphatic carbocycles. The maximum atomic E-state index is 14.1. The normalized spacial score (nSPS) is 13.2. The third-order valence-electron chi connectivity index (χ3n) is 3.92. The quantitative estimate of drug-likeness (QED) is 0.757. The average molecular weight is 355 g/mol. The topological polar surface area (TPSA) is 55.4 Å². The zero-order valence-electron chi connectivity index (χ0n) is 15.5. The molecule has 0 bridgehead atoms. The number of rotatable bonds is 7. The minimum atomic E-state index is -3.61. The Morgan fingerprint density at radius 1 is 1.16 bits per heavy atom. The van der Waals surface area contributed by atoms with Crippen molar-refractivity contribution in [2.75, 3.05) is 13.2 Å². The molecule has 1 N–H and O–H groups in total. The van der Waals surface area contributed by atoms with E-state index in [1.807, 2.05) is 12.1 Å². The number of halogens is 2. The smallest absolute Gasteiger partial charge is 0.376 e. The molecule has 1 rings (SSSR count). The van der Waals surface area contributed by atoms with Crippen LogP contribution in [0.1, 0.15) is 58.1 Å². The van der Waals surface area contributed by atoms with Crippen molar-refractivity contribution < 1.29 is 23.1 Å². The summed E-state index contributed by atoms with van der Waals surface area (Å²) in [7, 11) is 0. The lowest BCUT2D eigenvalue weighted by Gasteiger charge is -2.24. The minimum absolute atomic E-state index is 0.0270. The van der Waals surface area contributed by atoms with E-state index >= 15 is 0 Å². The summed E-state index contributed by atoms with van der Waals surface area (Å²) in [5, 5.41) is 2.56. The van der Waals surface area contributed by atoms with Crippen LogP contribution < -0.4 is 5.32 Å². The number of ether oxygens (including phenoxy) is 1. The molecule has 0 aromatic heterocycles. The highest BCUT2D eigenvalue weighted by molar-refractivity contribution is 5.77. The van der Waals surface area contributed by atoms with Crippen molar-refractivity contribution >= 4 is 11.9 Å². The number of carbonyl (C=O) groups is 2. The molecule has 140 valence electrons. The van der Waals surface area contributed by atoms with E-state index in [4.69, 9.17) is 0 Å². The van der Waals surface area contributed by atoms with Gasteiger partial charge < -0.3 is 10.1 Å². The summed E-state index contributed by atoms with van der Waals surface area (Å²) in [5.41, 5.74) is 1.66. The first-order chi connectivity index (χ1) is 11.5. The molecule has 0 aliphatic heterocycles. The molecule has 0 saturated heterocycles. The van der Waals surface area contributed by atoms with E-state index in [2.05, 4.69) is 30.8 Å². The molecule has 0 saturated carbocycles. The molecule has 6 heteroatoms. The maximum Gasteiger partial charge on any atom is 0.376 e. The number of nitrogens with one attached hydrogen (secondary N) is 1. The molecular formula is C19H27F2NO3. The van der Waals surface area contributed by atoms with Gasteiger partial charge in [-0.05, 0) is 23.5 Å². The van der Waals surface area contributed by atoms with Gasteiger partial charge in [0.1, 0.15) is 0 Å². The van der Waals surface area contributed by atoms with Gasteiger partial charge in [-0.3, -0.25) is 4.79 Å². The number of benzene rings is 1. The molecule has 4 nitrogen and oxygen atoms in total. The van der Waals surface area contributed by atoms with E-state index in [0.29, 0.717) is 5.56 Å². The van der Waals surface area contributed by atoms with Gasteiger partial charge in [-0.1, -0.05) is 45.0 Å².